The zero-order chi connectivity index (χ0) is 16.9. The Bertz CT molecular complexity index is 688. The summed E-state index contributed by atoms with van der Waals surface area (Å²) in [6, 6.07) is 13.8. The summed E-state index contributed by atoms with van der Waals surface area (Å²) in [5.74, 6) is -1.45. The number of phenols is 1. The predicted molar refractivity (Wildman–Crippen MR) is 88.2 cm³/mol. The third-order valence-corrected chi connectivity index (χ3v) is 3.93. The van der Waals surface area contributed by atoms with Crippen LogP contribution >= 0.6 is 0 Å². The molecule has 3 rings (SSSR count). The van der Waals surface area contributed by atoms with Crippen LogP contribution in [-0.4, -0.2) is 41.7 Å². The first-order chi connectivity index (χ1) is 11.6. The van der Waals surface area contributed by atoms with Crippen LogP contribution in [0.2, 0.25) is 0 Å². The highest BCUT2D eigenvalue weighted by Gasteiger charge is 2.27. The predicted octanol–water partition coefficient (Wildman–Crippen LogP) is 2.37. The minimum Gasteiger partial charge on any atom is -0.506 e. The van der Waals surface area contributed by atoms with E-state index >= 15 is 0 Å². The Balaban J connectivity index is 1.63. The summed E-state index contributed by atoms with van der Waals surface area (Å²) in [7, 11) is 0. The molecule has 1 aliphatic rings. The van der Waals surface area contributed by atoms with Gasteiger partial charge in [-0.3, -0.25) is 9.69 Å². The van der Waals surface area contributed by atoms with Gasteiger partial charge in [-0.1, -0.05) is 36.4 Å². The molecule has 1 fully saturated rings. The molecular weight excluding hydrogens is 311 g/mol. The third kappa shape index (κ3) is 3.90. The lowest BCUT2D eigenvalue weighted by Gasteiger charge is -2.32. The number of carbonyl (C=O) groups is 1. The van der Waals surface area contributed by atoms with E-state index in [0.717, 1.165) is 18.7 Å². The van der Waals surface area contributed by atoms with Gasteiger partial charge in [0.15, 0.2) is 5.82 Å². The molecule has 0 saturated carbocycles. The summed E-state index contributed by atoms with van der Waals surface area (Å²) in [4.78, 5) is 14.4. The van der Waals surface area contributed by atoms with Crippen LogP contribution in [0.25, 0.3) is 0 Å². The molecule has 0 unspecified atom stereocenters. The van der Waals surface area contributed by atoms with Crippen molar-refractivity contribution >= 4 is 11.6 Å². The van der Waals surface area contributed by atoms with Gasteiger partial charge in [0.05, 0.1) is 6.61 Å². The molecule has 1 aliphatic heterocycles. The Morgan fingerprint density at radius 1 is 1.25 bits per heavy atom. The number of benzene rings is 2. The number of morpholine rings is 1. The maximum absolute atomic E-state index is 13.7. The zero-order valence-electron chi connectivity index (χ0n) is 13.1. The Kier molecular flexibility index (Phi) is 5.08. The van der Waals surface area contributed by atoms with E-state index in [0.29, 0.717) is 13.2 Å². The number of halogens is 1. The van der Waals surface area contributed by atoms with Crippen molar-refractivity contribution in [3.63, 3.8) is 0 Å². The van der Waals surface area contributed by atoms with Gasteiger partial charge in [0.25, 0.3) is 5.91 Å². The van der Waals surface area contributed by atoms with E-state index < -0.39 is 17.8 Å². The van der Waals surface area contributed by atoms with Crippen molar-refractivity contribution in [2.45, 2.75) is 12.6 Å². The van der Waals surface area contributed by atoms with Gasteiger partial charge in [-0.25, -0.2) is 4.39 Å². The Morgan fingerprint density at radius 3 is 2.79 bits per heavy atom. The molecule has 126 valence electrons. The minimum atomic E-state index is -0.707. The molecule has 2 aromatic rings. The molecule has 6 heteroatoms. The third-order valence-electron chi connectivity index (χ3n) is 3.93. The summed E-state index contributed by atoms with van der Waals surface area (Å²) >= 11 is 0. The first-order valence-corrected chi connectivity index (χ1v) is 7.79. The van der Waals surface area contributed by atoms with E-state index in [1.165, 1.54) is 18.2 Å². The highest BCUT2D eigenvalue weighted by Crippen LogP contribution is 2.26. The highest BCUT2D eigenvalue weighted by molar-refractivity contribution is 5.95. The van der Waals surface area contributed by atoms with Gasteiger partial charge in [0.1, 0.15) is 17.5 Å². The number of rotatable bonds is 4. The van der Waals surface area contributed by atoms with Crippen LogP contribution in [0.1, 0.15) is 5.56 Å². The molecule has 24 heavy (non-hydrogen) atoms. The summed E-state index contributed by atoms with van der Waals surface area (Å²) < 4.78 is 19.2. The zero-order valence-corrected chi connectivity index (χ0v) is 13.1. The van der Waals surface area contributed by atoms with E-state index in [1.54, 1.807) is 0 Å². The van der Waals surface area contributed by atoms with Crippen LogP contribution in [0.5, 0.6) is 5.75 Å². The second-order valence-corrected chi connectivity index (χ2v) is 5.70. The molecule has 0 aliphatic carbocycles. The molecule has 1 amide bonds. The lowest BCUT2D eigenvalue weighted by molar-refractivity contribution is -0.133. The van der Waals surface area contributed by atoms with Crippen molar-refractivity contribution < 1.29 is 19.0 Å². The standard InChI is InChI=1S/C18H19FN2O3/c19-14-7-4-8-15(22)17(14)20-18(23)16-12-21(9-10-24-16)11-13-5-2-1-3-6-13/h1-8,16,22H,9-12H2,(H,20,23)/t16-/m0/s1. The summed E-state index contributed by atoms with van der Waals surface area (Å²) in [6.45, 7) is 2.28. The van der Waals surface area contributed by atoms with Crippen LogP contribution in [0.15, 0.2) is 48.5 Å². The van der Waals surface area contributed by atoms with Crippen LogP contribution in [-0.2, 0) is 16.1 Å². The number of ether oxygens (including phenoxy) is 1. The van der Waals surface area contributed by atoms with Gasteiger partial charge in [0.2, 0.25) is 0 Å². The summed E-state index contributed by atoms with van der Waals surface area (Å²) in [6.07, 6.45) is -0.707. The van der Waals surface area contributed by atoms with Gasteiger partial charge >= 0.3 is 0 Å². The number of hydrogen-bond donors (Lipinski definition) is 2. The molecule has 1 heterocycles. The van der Waals surface area contributed by atoms with Gasteiger partial charge < -0.3 is 15.2 Å². The number of nitrogens with one attached hydrogen (secondary N) is 1. The molecular formula is C18H19FN2O3. The molecule has 5 nitrogen and oxygen atoms in total. The van der Waals surface area contributed by atoms with Crippen molar-refractivity contribution in [3.05, 3.63) is 59.9 Å². The van der Waals surface area contributed by atoms with Crippen LogP contribution in [0.4, 0.5) is 10.1 Å². The largest absolute Gasteiger partial charge is 0.506 e. The molecule has 0 bridgehead atoms. The van der Waals surface area contributed by atoms with Crippen LogP contribution in [0.3, 0.4) is 0 Å². The topological polar surface area (TPSA) is 61.8 Å². The smallest absolute Gasteiger partial charge is 0.255 e. The van der Waals surface area contributed by atoms with Crippen molar-refractivity contribution in [3.8, 4) is 5.75 Å². The van der Waals surface area contributed by atoms with E-state index in [2.05, 4.69) is 10.2 Å². The second-order valence-electron chi connectivity index (χ2n) is 5.70. The molecule has 1 saturated heterocycles. The number of aromatic hydroxyl groups is 1. The molecule has 0 radical (unpaired) electrons. The first kappa shape index (κ1) is 16.4. The minimum absolute atomic E-state index is 0.216. The maximum atomic E-state index is 13.7. The van der Waals surface area contributed by atoms with Crippen molar-refractivity contribution in [1.29, 1.82) is 0 Å². The highest BCUT2D eigenvalue weighted by atomic mass is 19.1. The maximum Gasteiger partial charge on any atom is 0.255 e. The van der Waals surface area contributed by atoms with Crippen molar-refractivity contribution in [2.75, 3.05) is 25.0 Å². The van der Waals surface area contributed by atoms with E-state index in [1.807, 2.05) is 30.3 Å². The van der Waals surface area contributed by atoms with Gasteiger partial charge in [-0.15, -0.1) is 0 Å². The molecule has 0 spiro atoms. The Morgan fingerprint density at radius 2 is 2.04 bits per heavy atom. The Labute approximate surface area is 139 Å². The number of hydrogen-bond acceptors (Lipinski definition) is 4. The number of phenolic OH excluding ortho intramolecular Hbond substituents is 1. The first-order valence-electron chi connectivity index (χ1n) is 7.79. The number of nitrogens with zero attached hydrogens (tertiary/aromatic N) is 1. The fourth-order valence-electron chi connectivity index (χ4n) is 2.69. The normalized spacial score (nSPS) is 18.3. The second kappa shape index (κ2) is 7.42. The fourth-order valence-corrected chi connectivity index (χ4v) is 2.69. The number of anilines is 1. The SMILES string of the molecule is O=C(Nc1c(O)cccc1F)[C@@H]1CN(Cc2ccccc2)CCO1. The fraction of sp³-hybridized carbons (Fsp3) is 0.278. The van der Waals surface area contributed by atoms with Gasteiger partial charge in [0, 0.05) is 19.6 Å². The van der Waals surface area contributed by atoms with E-state index in [-0.39, 0.29) is 11.4 Å². The number of carbonyl (C=O) groups excluding carboxylic acids is 1. The van der Waals surface area contributed by atoms with Gasteiger partial charge in [-0.2, -0.15) is 0 Å². The molecule has 0 aromatic heterocycles. The number of amides is 1. The molecule has 2 N–H and O–H groups in total. The quantitative estimate of drug-likeness (QED) is 0.845. The van der Waals surface area contributed by atoms with E-state index in [9.17, 15) is 14.3 Å². The van der Waals surface area contributed by atoms with Crippen LogP contribution < -0.4 is 5.32 Å². The average Bonchev–Trinajstić information content (AvgIpc) is 2.59. The number of para-hydroxylation sites is 1. The average molecular weight is 330 g/mol. The van der Waals surface area contributed by atoms with Crippen LogP contribution in [0, 0.1) is 5.82 Å². The van der Waals surface area contributed by atoms with Crippen molar-refractivity contribution in [2.24, 2.45) is 0 Å². The summed E-state index contributed by atoms with van der Waals surface area (Å²) in [5, 5.41) is 12.1. The monoisotopic (exact) mass is 330 g/mol. The van der Waals surface area contributed by atoms with Gasteiger partial charge in [-0.05, 0) is 17.7 Å². The molecule has 2 aromatic carbocycles. The lowest BCUT2D eigenvalue weighted by Crippen LogP contribution is -2.47. The van der Waals surface area contributed by atoms with E-state index in [4.69, 9.17) is 4.74 Å². The molecule has 1 atom stereocenters. The Hall–Kier alpha value is -2.44. The lowest BCUT2D eigenvalue weighted by atomic mass is 10.2. The summed E-state index contributed by atoms with van der Waals surface area (Å²) in [5.41, 5.74) is 0.941. The van der Waals surface area contributed by atoms with Crippen molar-refractivity contribution in [1.82, 2.24) is 4.90 Å².